The zero-order valence-electron chi connectivity index (χ0n) is 11.4. The molecule has 0 spiro atoms. The molecule has 2 rings (SSSR count). The van der Waals surface area contributed by atoms with E-state index in [0.29, 0.717) is 6.42 Å². The number of hydrogen-bond acceptors (Lipinski definition) is 3. The first-order valence-electron chi connectivity index (χ1n) is 7.08. The van der Waals surface area contributed by atoms with Crippen LogP contribution in [0.25, 0.3) is 0 Å². The van der Waals surface area contributed by atoms with Crippen LogP contribution in [0.4, 0.5) is 0 Å². The molecule has 104 valence electrons. The lowest BCUT2D eigenvalue weighted by Crippen LogP contribution is -2.30. The van der Waals surface area contributed by atoms with Crippen molar-refractivity contribution >= 4 is 5.91 Å². The van der Waals surface area contributed by atoms with Crippen molar-refractivity contribution < 1.29 is 4.79 Å². The van der Waals surface area contributed by atoms with E-state index in [0.717, 1.165) is 45.3 Å². The molecule has 1 aliphatic heterocycles. The summed E-state index contributed by atoms with van der Waals surface area (Å²) in [5, 5.41) is 0. The van der Waals surface area contributed by atoms with Gasteiger partial charge in [-0.25, -0.2) is 5.84 Å². The van der Waals surface area contributed by atoms with Crippen LogP contribution in [0.3, 0.4) is 0 Å². The van der Waals surface area contributed by atoms with Crippen LogP contribution in [0.15, 0.2) is 24.3 Å². The number of unbranched alkanes of at least 4 members (excludes halogenated alkanes) is 1. The van der Waals surface area contributed by atoms with Gasteiger partial charge in [-0.1, -0.05) is 24.3 Å². The Morgan fingerprint density at radius 2 is 1.79 bits per heavy atom. The van der Waals surface area contributed by atoms with Gasteiger partial charge in [-0.3, -0.25) is 10.2 Å². The Labute approximate surface area is 114 Å². The van der Waals surface area contributed by atoms with Gasteiger partial charge in [0.15, 0.2) is 0 Å². The highest BCUT2D eigenvalue weighted by Gasteiger charge is 2.12. The smallest absolute Gasteiger partial charge is 0.233 e. The van der Waals surface area contributed by atoms with Crippen molar-refractivity contribution in [1.29, 1.82) is 0 Å². The number of fused-ring (bicyclic) bond motifs is 1. The Morgan fingerprint density at radius 3 is 2.37 bits per heavy atom. The van der Waals surface area contributed by atoms with E-state index in [-0.39, 0.29) is 5.91 Å². The number of amides is 1. The number of benzene rings is 1. The summed E-state index contributed by atoms with van der Waals surface area (Å²) in [7, 11) is 0. The summed E-state index contributed by atoms with van der Waals surface area (Å²) in [5.74, 6) is 4.99. The fraction of sp³-hybridized carbons (Fsp3) is 0.533. The van der Waals surface area contributed by atoms with Crippen LogP contribution in [0.1, 0.15) is 30.4 Å². The van der Waals surface area contributed by atoms with Crippen molar-refractivity contribution in [1.82, 2.24) is 10.3 Å². The van der Waals surface area contributed by atoms with E-state index in [1.807, 2.05) is 0 Å². The van der Waals surface area contributed by atoms with Crippen LogP contribution < -0.4 is 11.3 Å². The van der Waals surface area contributed by atoms with Crippen molar-refractivity contribution in [2.75, 3.05) is 19.6 Å². The number of carbonyl (C=O) groups is 1. The summed E-state index contributed by atoms with van der Waals surface area (Å²) in [5.41, 5.74) is 5.16. The highest BCUT2D eigenvalue weighted by Crippen LogP contribution is 2.15. The fourth-order valence-electron chi connectivity index (χ4n) is 2.63. The Bertz CT molecular complexity index is 393. The van der Waals surface area contributed by atoms with Gasteiger partial charge in [0.2, 0.25) is 5.91 Å². The molecule has 0 saturated carbocycles. The monoisotopic (exact) mass is 261 g/mol. The van der Waals surface area contributed by atoms with Crippen LogP contribution in [0.2, 0.25) is 0 Å². The summed E-state index contributed by atoms with van der Waals surface area (Å²) in [6.07, 6.45) is 4.78. The summed E-state index contributed by atoms with van der Waals surface area (Å²) in [6, 6.07) is 8.73. The number of hydrogen-bond donors (Lipinski definition) is 2. The first kappa shape index (κ1) is 14.0. The van der Waals surface area contributed by atoms with E-state index < -0.39 is 0 Å². The van der Waals surface area contributed by atoms with Crippen molar-refractivity contribution in [2.24, 2.45) is 5.84 Å². The Kier molecular flexibility index (Phi) is 5.36. The average Bonchev–Trinajstić information content (AvgIpc) is 2.66. The molecule has 4 heteroatoms. The Hall–Kier alpha value is -1.39. The zero-order chi connectivity index (χ0) is 13.5. The molecule has 0 fully saturated rings. The quantitative estimate of drug-likeness (QED) is 0.363. The molecule has 0 bridgehead atoms. The molecule has 0 unspecified atom stereocenters. The van der Waals surface area contributed by atoms with Gasteiger partial charge in [-0.15, -0.1) is 0 Å². The lowest BCUT2D eigenvalue weighted by molar-refractivity contribution is -0.121. The fourth-order valence-corrected chi connectivity index (χ4v) is 2.63. The second kappa shape index (κ2) is 7.26. The minimum Gasteiger partial charge on any atom is -0.303 e. The van der Waals surface area contributed by atoms with E-state index in [4.69, 9.17) is 5.84 Å². The maximum absolute atomic E-state index is 11.0. The maximum atomic E-state index is 11.0. The van der Waals surface area contributed by atoms with Crippen LogP contribution in [-0.2, 0) is 17.6 Å². The molecule has 0 atom stereocenters. The highest BCUT2D eigenvalue weighted by atomic mass is 16.2. The highest BCUT2D eigenvalue weighted by molar-refractivity contribution is 5.75. The van der Waals surface area contributed by atoms with Gasteiger partial charge in [0, 0.05) is 19.5 Å². The van der Waals surface area contributed by atoms with E-state index in [9.17, 15) is 4.79 Å². The molecule has 0 radical (unpaired) electrons. The van der Waals surface area contributed by atoms with Crippen molar-refractivity contribution in [2.45, 2.75) is 32.1 Å². The molecular formula is C15H23N3O. The molecule has 1 amide bonds. The lowest BCUT2D eigenvalue weighted by atomic mass is 10.0. The van der Waals surface area contributed by atoms with Crippen LogP contribution in [0, 0.1) is 0 Å². The number of carbonyl (C=O) groups excluding carboxylic acids is 1. The standard InChI is InChI=1S/C15H23N3O/c16-17-15(19)7-3-4-10-18-11-8-13-5-1-2-6-14(13)9-12-18/h1-2,5-6H,3-4,7-12,16H2,(H,17,19). The Balaban J connectivity index is 1.72. The van der Waals surface area contributed by atoms with Gasteiger partial charge in [0.1, 0.15) is 0 Å². The van der Waals surface area contributed by atoms with Gasteiger partial charge in [0.25, 0.3) is 0 Å². The molecular weight excluding hydrogens is 238 g/mol. The van der Waals surface area contributed by atoms with Gasteiger partial charge < -0.3 is 4.90 Å². The van der Waals surface area contributed by atoms with Gasteiger partial charge in [-0.05, 0) is 43.4 Å². The minimum absolute atomic E-state index is 0.0664. The van der Waals surface area contributed by atoms with Gasteiger partial charge in [0.05, 0.1) is 0 Å². The zero-order valence-corrected chi connectivity index (χ0v) is 11.4. The summed E-state index contributed by atoms with van der Waals surface area (Å²) in [4.78, 5) is 13.5. The average molecular weight is 261 g/mol. The van der Waals surface area contributed by atoms with E-state index >= 15 is 0 Å². The molecule has 1 aliphatic rings. The topological polar surface area (TPSA) is 58.4 Å². The molecule has 3 N–H and O–H groups in total. The van der Waals surface area contributed by atoms with E-state index in [1.54, 1.807) is 0 Å². The third-order valence-electron chi connectivity index (χ3n) is 3.80. The minimum atomic E-state index is -0.0664. The molecule has 0 saturated heterocycles. The third-order valence-corrected chi connectivity index (χ3v) is 3.80. The second-order valence-corrected chi connectivity index (χ2v) is 5.13. The molecule has 4 nitrogen and oxygen atoms in total. The number of hydrazine groups is 1. The lowest BCUT2D eigenvalue weighted by Gasteiger charge is -2.19. The third kappa shape index (κ3) is 4.33. The van der Waals surface area contributed by atoms with Gasteiger partial charge in [-0.2, -0.15) is 0 Å². The Morgan fingerprint density at radius 1 is 1.16 bits per heavy atom. The molecule has 19 heavy (non-hydrogen) atoms. The largest absolute Gasteiger partial charge is 0.303 e. The summed E-state index contributed by atoms with van der Waals surface area (Å²) < 4.78 is 0. The van der Waals surface area contributed by atoms with Crippen LogP contribution in [-0.4, -0.2) is 30.4 Å². The number of nitrogens with one attached hydrogen (secondary N) is 1. The SMILES string of the molecule is NNC(=O)CCCCN1CCc2ccccc2CC1. The molecule has 1 heterocycles. The van der Waals surface area contributed by atoms with Crippen LogP contribution >= 0.6 is 0 Å². The van der Waals surface area contributed by atoms with Gasteiger partial charge >= 0.3 is 0 Å². The molecule has 1 aromatic rings. The van der Waals surface area contributed by atoms with Crippen molar-refractivity contribution in [3.63, 3.8) is 0 Å². The second-order valence-electron chi connectivity index (χ2n) is 5.13. The molecule has 1 aromatic carbocycles. The van der Waals surface area contributed by atoms with Crippen molar-refractivity contribution in [3.8, 4) is 0 Å². The van der Waals surface area contributed by atoms with Crippen LogP contribution in [0.5, 0.6) is 0 Å². The molecule has 0 aliphatic carbocycles. The molecule has 0 aromatic heterocycles. The normalized spacial score (nSPS) is 15.6. The number of rotatable bonds is 5. The number of nitrogens with zero attached hydrogens (tertiary/aromatic N) is 1. The summed E-state index contributed by atoms with van der Waals surface area (Å²) in [6.45, 7) is 3.33. The van der Waals surface area contributed by atoms with E-state index in [2.05, 4.69) is 34.6 Å². The first-order valence-corrected chi connectivity index (χ1v) is 7.08. The predicted octanol–water partition coefficient (Wildman–Crippen LogP) is 1.25. The summed E-state index contributed by atoms with van der Waals surface area (Å²) >= 11 is 0. The maximum Gasteiger partial charge on any atom is 0.233 e. The predicted molar refractivity (Wildman–Crippen MR) is 76.5 cm³/mol. The first-order chi connectivity index (χ1) is 9.29. The van der Waals surface area contributed by atoms with Crippen molar-refractivity contribution in [3.05, 3.63) is 35.4 Å². The number of nitrogens with two attached hydrogens (primary N) is 1. The van der Waals surface area contributed by atoms with E-state index in [1.165, 1.54) is 11.1 Å².